The van der Waals surface area contributed by atoms with Gasteiger partial charge in [0.2, 0.25) is 0 Å². The summed E-state index contributed by atoms with van der Waals surface area (Å²) in [5.74, 6) is -0.350. The molecule has 184 valence electrons. The van der Waals surface area contributed by atoms with Crippen LogP contribution in [0.2, 0.25) is 15.1 Å². The van der Waals surface area contributed by atoms with Gasteiger partial charge < -0.3 is 10.1 Å². The molecule has 0 unspecified atom stereocenters. The van der Waals surface area contributed by atoms with E-state index in [9.17, 15) is 9.59 Å². The number of amides is 2. The molecule has 0 saturated carbocycles. The summed E-state index contributed by atoms with van der Waals surface area (Å²) in [6.45, 7) is 3.55. The lowest BCUT2D eigenvalue weighted by molar-refractivity contribution is -0.118. The van der Waals surface area contributed by atoms with Crippen LogP contribution in [0.3, 0.4) is 0 Å². The van der Waals surface area contributed by atoms with Gasteiger partial charge in [-0.3, -0.25) is 9.59 Å². The number of hydrazone groups is 1. The molecule has 4 rings (SSSR count). The van der Waals surface area contributed by atoms with Crippen molar-refractivity contribution in [2.75, 3.05) is 11.9 Å². The average molecular weight is 561 g/mol. The molecule has 0 aliphatic heterocycles. The highest BCUT2D eigenvalue weighted by molar-refractivity contribution is 7.21. The van der Waals surface area contributed by atoms with Crippen molar-refractivity contribution in [3.8, 4) is 5.75 Å². The summed E-state index contributed by atoms with van der Waals surface area (Å²) in [6.07, 6.45) is 0. The van der Waals surface area contributed by atoms with Gasteiger partial charge >= 0.3 is 0 Å². The van der Waals surface area contributed by atoms with Crippen molar-refractivity contribution < 1.29 is 14.3 Å². The molecule has 0 spiro atoms. The SMILES string of the molecule is C/C(=N\NC(=O)c1sc2cc(C)ccc2c1Cl)c1ccc(NC(=O)COc2ccc(Cl)cc2Cl)cc1. The average Bonchev–Trinajstić information content (AvgIpc) is 3.17. The minimum atomic E-state index is -0.372. The molecule has 10 heteroatoms. The van der Waals surface area contributed by atoms with Crippen molar-refractivity contribution in [3.63, 3.8) is 0 Å². The number of hydrogen-bond donors (Lipinski definition) is 2. The van der Waals surface area contributed by atoms with Crippen LogP contribution in [0.4, 0.5) is 5.69 Å². The number of ether oxygens (including phenoxy) is 1. The number of halogens is 3. The summed E-state index contributed by atoms with van der Waals surface area (Å²) in [4.78, 5) is 25.3. The third-order valence-electron chi connectivity index (χ3n) is 5.16. The number of benzene rings is 3. The number of fused-ring (bicyclic) bond motifs is 1. The van der Waals surface area contributed by atoms with E-state index < -0.39 is 0 Å². The molecule has 2 N–H and O–H groups in total. The van der Waals surface area contributed by atoms with Gasteiger partial charge in [-0.1, -0.05) is 59.1 Å². The smallest absolute Gasteiger partial charge is 0.283 e. The van der Waals surface area contributed by atoms with Gasteiger partial charge in [0.05, 0.1) is 15.8 Å². The maximum Gasteiger partial charge on any atom is 0.283 e. The molecule has 0 bridgehead atoms. The second kappa shape index (κ2) is 11.3. The fourth-order valence-corrected chi connectivity index (χ4v) is 5.26. The maximum absolute atomic E-state index is 12.7. The Kier molecular flexibility index (Phi) is 8.16. The van der Waals surface area contributed by atoms with E-state index in [-0.39, 0.29) is 18.4 Å². The largest absolute Gasteiger partial charge is 0.482 e. The Bertz CT molecular complexity index is 1480. The van der Waals surface area contributed by atoms with Crippen LogP contribution in [0.1, 0.15) is 27.7 Å². The van der Waals surface area contributed by atoms with E-state index in [4.69, 9.17) is 39.5 Å². The Hall–Kier alpha value is -3.10. The van der Waals surface area contributed by atoms with Crippen LogP contribution in [0.25, 0.3) is 10.1 Å². The lowest BCUT2D eigenvalue weighted by atomic mass is 10.1. The Morgan fingerprint density at radius 2 is 1.75 bits per heavy atom. The minimum Gasteiger partial charge on any atom is -0.482 e. The molecular formula is C26H20Cl3N3O3S. The van der Waals surface area contributed by atoms with E-state index in [1.807, 2.05) is 25.1 Å². The molecule has 0 aliphatic rings. The predicted molar refractivity (Wildman–Crippen MR) is 148 cm³/mol. The molecule has 0 radical (unpaired) electrons. The van der Waals surface area contributed by atoms with E-state index in [0.717, 1.165) is 21.2 Å². The van der Waals surface area contributed by atoms with Crippen molar-refractivity contribution in [2.45, 2.75) is 13.8 Å². The van der Waals surface area contributed by atoms with Crippen molar-refractivity contribution >= 4 is 79.4 Å². The molecule has 1 aromatic heterocycles. The summed E-state index contributed by atoms with van der Waals surface area (Å²) in [6, 6.07) is 17.7. The molecule has 2 amide bonds. The van der Waals surface area contributed by atoms with Crippen molar-refractivity contribution in [1.29, 1.82) is 0 Å². The first-order valence-electron chi connectivity index (χ1n) is 10.7. The maximum atomic E-state index is 12.7. The zero-order valence-electron chi connectivity index (χ0n) is 19.2. The number of rotatable bonds is 7. The third kappa shape index (κ3) is 6.17. The fourth-order valence-electron chi connectivity index (χ4n) is 3.30. The van der Waals surface area contributed by atoms with Crippen molar-refractivity contribution in [1.82, 2.24) is 5.43 Å². The van der Waals surface area contributed by atoms with Gasteiger partial charge in [0.1, 0.15) is 10.6 Å². The third-order valence-corrected chi connectivity index (χ3v) is 7.34. The molecule has 6 nitrogen and oxygen atoms in total. The minimum absolute atomic E-state index is 0.213. The molecule has 0 atom stereocenters. The van der Waals surface area contributed by atoms with Crippen LogP contribution in [0, 0.1) is 6.92 Å². The number of hydrogen-bond acceptors (Lipinski definition) is 5. The summed E-state index contributed by atoms with van der Waals surface area (Å²) in [5, 5.41) is 9.02. The molecule has 3 aromatic carbocycles. The zero-order chi connectivity index (χ0) is 25.8. The Labute approximate surface area is 226 Å². The Morgan fingerprint density at radius 3 is 2.47 bits per heavy atom. The lowest BCUT2D eigenvalue weighted by Crippen LogP contribution is -2.20. The number of thiophene rings is 1. The molecule has 1 heterocycles. The van der Waals surface area contributed by atoms with Crippen molar-refractivity contribution in [2.24, 2.45) is 5.10 Å². The summed E-state index contributed by atoms with van der Waals surface area (Å²) in [7, 11) is 0. The van der Waals surface area contributed by atoms with E-state index in [1.54, 1.807) is 49.4 Å². The lowest BCUT2D eigenvalue weighted by Gasteiger charge is -2.09. The monoisotopic (exact) mass is 559 g/mol. The number of anilines is 1. The van der Waals surface area contributed by atoms with Gasteiger partial charge in [0.25, 0.3) is 11.8 Å². The van der Waals surface area contributed by atoms with Crippen LogP contribution >= 0.6 is 46.1 Å². The van der Waals surface area contributed by atoms with Crippen LogP contribution < -0.4 is 15.5 Å². The number of nitrogens with zero attached hydrogens (tertiary/aromatic N) is 1. The predicted octanol–water partition coefficient (Wildman–Crippen LogP) is 7.34. The summed E-state index contributed by atoms with van der Waals surface area (Å²) in [5.41, 5.74) is 5.62. The second-order valence-corrected chi connectivity index (χ2v) is 10.1. The normalized spacial score (nSPS) is 11.4. The van der Waals surface area contributed by atoms with Gasteiger partial charge in [-0.15, -0.1) is 11.3 Å². The van der Waals surface area contributed by atoms with Crippen molar-refractivity contribution in [3.05, 3.63) is 91.7 Å². The molecule has 4 aromatic rings. The topological polar surface area (TPSA) is 79.8 Å². The number of aryl methyl sites for hydroxylation is 1. The van der Waals surface area contributed by atoms with Crippen LogP contribution in [-0.2, 0) is 4.79 Å². The second-order valence-electron chi connectivity index (χ2n) is 7.87. The quantitative estimate of drug-likeness (QED) is 0.183. The summed E-state index contributed by atoms with van der Waals surface area (Å²) >= 11 is 19.6. The molecule has 0 fully saturated rings. The summed E-state index contributed by atoms with van der Waals surface area (Å²) < 4.78 is 6.39. The first-order chi connectivity index (χ1) is 17.2. The van der Waals surface area contributed by atoms with Gasteiger partial charge in [-0.25, -0.2) is 5.43 Å². The van der Waals surface area contributed by atoms with Crippen LogP contribution in [0.15, 0.2) is 65.8 Å². The standard InChI is InChI=1S/C26H20Cl3N3O3S/c1-14-3-9-19-22(11-14)36-25(24(19)29)26(34)32-31-15(2)16-4-7-18(8-5-16)30-23(33)13-35-21-10-6-17(27)12-20(21)28/h3-12H,13H2,1-2H3,(H,30,33)(H,32,34)/b31-15+. The number of carbonyl (C=O) groups is 2. The van der Waals surface area contributed by atoms with Gasteiger partial charge in [-0.05, 0) is 61.4 Å². The Morgan fingerprint density at radius 1 is 1.00 bits per heavy atom. The van der Waals surface area contributed by atoms with Gasteiger partial charge in [0.15, 0.2) is 6.61 Å². The fraction of sp³-hybridized carbons (Fsp3) is 0.115. The number of carbonyl (C=O) groups excluding carboxylic acids is 2. The number of nitrogens with one attached hydrogen (secondary N) is 2. The van der Waals surface area contributed by atoms with E-state index in [2.05, 4.69) is 15.8 Å². The first kappa shape index (κ1) is 26.0. The van der Waals surface area contributed by atoms with Gasteiger partial charge in [-0.2, -0.15) is 5.10 Å². The van der Waals surface area contributed by atoms with Crippen LogP contribution in [-0.4, -0.2) is 24.1 Å². The zero-order valence-corrected chi connectivity index (χ0v) is 22.3. The van der Waals surface area contributed by atoms with E-state index >= 15 is 0 Å². The first-order valence-corrected chi connectivity index (χ1v) is 12.7. The molecule has 0 saturated heterocycles. The van der Waals surface area contributed by atoms with Crippen LogP contribution in [0.5, 0.6) is 5.75 Å². The van der Waals surface area contributed by atoms with E-state index in [1.165, 1.54) is 11.3 Å². The van der Waals surface area contributed by atoms with Gasteiger partial charge in [0, 0.05) is 20.8 Å². The van der Waals surface area contributed by atoms with E-state index in [0.29, 0.717) is 37.1 Å². The highest BCUT2D eigenvalue weighted by atomic mass is 35.5. The molecular weight excluding hydrogens is 541 g/mol. The highest BCUT2D eigenvalue weighted by Crippen LogP contribution is 2.35. The Balaban J connectivity index is 1.34. The molecule has 36 heavy (non-hydrogen) atoms. The molecule has 0 aliphatic carbocycles. The highest BCUT2D eigenvalue weighted by Gasteiger charge is 2.17.